The summed E-state index contributed by atoms with van der Waals surface area (Å²) < 4.78 is 20.0. The van der Waals surface area contributed by atoms with Crippen molar-refractivity contribution in [2.45, 2.75) is 76.5 Å². The van der Waals surface area contributed by atoms with Crippen LogP contribution in [0, 0.1) is 5.82 Å². The first-order valence-corrected chi connectivity index (χ1v) is 10.5. The average molecular weight is 379 g/mol. The summed E-state index contributed by atoms with van der Waals surface area (Å²) in [5.74, 6) is -0.168. The van der Waals surface area contributed by atoms with Gasteiger partial charge in [-0.05, 0) is 44.0 Å². The Labute approximate surface area is 162 Å². The lowest BCUT2D eigenvalue weighted by molar-refractivity contribution is 0.0892. The maximum atomic E-state index is 14.2. The highest BCUT2D eigenvalue weighted by Gasteiger charge is 2.23. The van der Waals surface area contributed by atoms with Gasteiger partial charge in [-0.25, -0.2) is 4.39 Å². The average Bonchev–Trinajstić information content (AvgIpc) is 3.11. The molecular formula is C21H31FN2OS. The molecule has 1 aromatic carbocycles. The van der Waals surface area contributed by atoms with E-state index in [-0.39, 0.29) is 11.9 Å². The third-order valence-electron chi connectivity index (χ3n) is 5.49. The molecule has 0 aromatic heterocycles. The molecule has 1 aliphatic heterocycles. The van der Waals surface area contributed by atoms with Gasteiger partial charge in [0.25, 0.3) is 0 Å². The van der Waals surface area contributed by atoms with E-state index in [0.717, 1.165) is 31.1 Å². The minimum Gasteiger partial charge on any atom is -0.376 e. The Morgan fingerprint density at radius 1 is 1.08 bits per heavy atom. The molecule has 5 heteroatoms. The summed E-state index contributed by atoms with van der Waals surface area (Å²) in [6.07, 6.45) is 11.2. The quantitative estimate of drug-likeness (QED) is 0.744. The van der Waals surface area contributed by atoms with Crippen LogP contribution in [0.2, 0.25) is 0 Å². The molecule has 2 fully saturated rings. The Hall–Kier alpha value is -1.20. The molecule has 3 rings (SSSR count). The predicted octanol–water partition coefficient (Wildman–Crippen LogP) is 4.79. The molecule has 1 saturated heterocycles. The Morgan fingerprint density at radius 2 is 1.81 bits per heavy atom. The molecule has 1 aromatic rings. The number of nitrogens with zero attached hydrogens (tertiary/aromatic N) is 1. The van der Waals surface area contributed by atoms with Gasteiger partial charge in [-0.3, -0.25) is 0 Å². The Morgan fingerprint density at radius 3 is 2.50 bits per heavy atom. The van der Waals surface area contributed by atoms with Gasteiger partial charge in [0.2, 0.25) is 0 Å². The molecule has 0 amide bonds. The summed E-state index contributed by atoms with van der Waals surface area (Å²) in [5.41, 5.74) is 0.687. The molecule has 1 unspecified atom stereocenters. The zero-order chi connectivity index (χ0) is 18.2. The zero-order valence-corrected chi connectivity index (χ0v) is 16.4. The van der Waals surface area contributed by atoms with E-state index in [1.165, 1.54) is 51.0 Å². The van der Waals surface area contributed by atoms with Gasteiger partial charge < -0.3 is 15.0 Å². The second-order valence-electron chi connectivity index (χ2n) is 7.60. The highest BCUT2D eigenvalue weighted by molar-refractivity contribution is 7.80. The van der Waals surface area contributed by atoms with Crippen molar-refractivity contribution in [1.29, 1.82) is 0 Å². The molecule has 144 valence electrons. The number of ether oxygens (including phenoxy) is 1. The van der Waals surface area contributed by atoms with Crippen LogP contribution in [0.15, 0.2) is 24.3 Å². The van der Waals surface area contributed by atoms with Gasteiger partial charge in [0.1, 0.15) is 5.82 Å². The van der Waals surface area contributed by atoms with Crippen LogP contribution in [0.25, 0.3) is 0 Å². The van der Waals surface area contributed by atoms with Gasteiger partial charge in [-0.15, -0.1) is 0 Å². The van der Waals surface area contributed by atoms with Crippen LogP contribution >= 0.6 is 12.2 Å². The molecule has 26 heavy (non-hydrogen) atoms. The largest absolute Gasteiger partial charge is 0.376 e. The van der Waals surface area contributed by atoms with Crippen molar-refractivity contribution < 1.29 is 9.13 Å². The minimum absolute atomic E-state index is 0.168. The molecule has 0 spiro atoms. The number of halogens is 1. The van der Waals surface area contributed by atoms with E-state index in [2.05, 4.69) is 10.2 Å². The molecule has 0 bridgehead atoms. The molecule has 1 heterocycles. The first kappa shape index (κ1) is 19.6. The zero-order valence-electron chi connectivity index (χ0n) is 15.6. The van der Waals surface area contributed by atoms with Crippen molar-refractivity contribution in [3.63, 3.8) is 0 Å². The fourth-order valence-electron chi connectivity index (χ4n) is 3.95. The maximum absolute atomic E-state index is 14.2. The predicted molar refractivity (Wildman–Crippen MR) is 108 cm³/mol. The summed E-state index contributed by atoms with van der Waals surface area (Å²) in [6, 6.07) is 7.42. The van der Waals surface area contributed by atoms with Crippen LogP contribution in [0.4, 0.5) is 4.39 Å². The van der Waals surface area contributed by atoms with Crippen molar-refractivity contribution in [1.82, 2.24) is 10.2 Å². The monoisotopic (exact) mass is 378 g/mol. The molecule has 1 aliphatic carbocycles. The van der Waals surface area contributed by atoms with Gasteiger partial charge in [0.05, 0.1) is 6.10 Å². The maximum Gasteiger partial charge on any atom is 0.169 e. The molecule has 1 N–H and O–H groups in total. The molecule has 1 saturated carbocycles. The normalized spacial score (nSPS) is 21.8. The van der Waals surface area contributed by atoms with Crippen molar-refractivity contribution in [2.75, 3.05) is 13.2 Å². The first-order valence-electron chi connectivity index (χ1n) is 10.1. The minimum atomic E-state index is -0.168. The van der Waals surface area contributed by atoms with Gasteiger partial charge in [-0.1, -0.05) is 50.3 Å². The topological polar surface area (TPSA) is 24.5 Å². The van der Waals surface area contributed by atoms with Crippen LogP contribution in [0.1, 0.15) is 63.4 Å². The summed E-state index contributed by atoms with van der Waals surface area (Å²) >= 11 is 5.75. The molecule has 3 nitrogen and oxygen atoms in total. The standard InChI is InChI=1S/C21H31FN2OS/c22-20-13-7-6-9-17(20)15-24(16-19-12-8-14-25-19)21(26)23-18-10-4-2-1-3-5-11-18/h6-7,9,13,18-19H,1-5,8,10-12,14-16H2,(H,23,26). The lowest BCUT2D eigenvalue weighted by atomic mass is 9.97. The fraction of sp³-hybridized carbons (Fsp3) is 0.667. The van der Waals surface area contributed by atoms with E-state index in [4.69, 9.17) is 17.0 Å². The van der Waals surface area contributed by atoms with E-state index in [1.807, 2.05) is 12.1 Å². The lowest BCUT2D eigenvalue weighted by Gasteiger charge is -2.31. The number of nitrogens with one attached hydrogen (secondary N) is 1. The Kier molecular flexibility index (Phi) is 7.69. The Balaban J connectivity index is 1.64. The van der Waals surface area contributed by atoms with Crippen molar-refractivity contribution in [2.24, 2.45) is 0 Å². The van der Waals surface area contributed by atoms with Gasteiger partial charge >= 0.3 is 0 Å². The first-order chi connectivity index (χ1) is 12.7. The van der Waals surface area contributed by atoms with Crippen molar-refractivity contribution >= 4 is 17.3 Å². The van der Waals surface area contributed by atoms with E-state index in [0.29, 0.717) is 18.2 Å². The van der Waals surface area contributed by atoms with E-state index in [9.17, 15) is 4.39 Å². The molecular weight excluding hydrogens is 347 g/mol. The molecule has 1 atom stereocenters. The van der Waals surface area contributed by atoms with Gasteiger partial charge in [0.15, 0.2) is 5.11 Å². The van der Waals surface area contributed by atoms with Crippen LogP contribution < -0.4 is 5.32 Å². The van der Waals surface area contributed by atoms with Gasteiger partial charge in [-0.2, -0.15) is 0 Å². The third-order valence-corrected chi connectivity index (χ3v) is 5.86. The number of thiocarbonyl (C=S) groups is 1. The number of hydrogen-bond acceptors (Lipinski definition) is 2. The van der Waals surface area contributed by atoms with Crippen molar-refractivity contribution in [3.8, 4) is 0 Å². The number of rotatable bonds is 5. The van der Waals surface area contributed by atoms with Crippen molar-refractivity contribution in [3.05, 3.63) is 35.6 Å². The second kappa shape index (κ2) is 10.2. The molecule has 2 aliphatic rings. The molecule has 0 radical (unpaired) electrons. The van der Waals surface area contributed by atoms with E-state index in [1.54, 1.807) is 6.07 Å². The van der Waals surface area contributed by atoms with E-state index >= 15 is 0 Å². The number of benzene rings is 1. The van der Waals surface area contributed by atoms with Crippen LogP contribution in [-0.4, -0.2) is 35.3 Å². The smallest absolute Gasteiger partial charge is 0.169 e. The van der Waals surface area contributed by atoms with Crippen LogP contribution in [-0.2, 0) is 11.3 Å². The third kappa shape index (κ3) is 5.92. The second-order valence-corrected chi connectivity index (χ2v) is 7.99. The van der Waals surface area contributed by atoms with Crippen LogP contribution in [0.3, 0.4) is 0 Å². The summed E-state index contributed by atoms with van der Waals surface area (Å²) in [4.78, 5) is 2.10. The SMILES string of the molecule is Fc1ccccc1CN(CC1CCCO1)C(=S)NC1CCCCCCC1. The summed E-state index contributed by atoms with van der Waals surface area (Å²) in [7, 11) is 0. The van der Waals surface area contributed by atoms with Crippen LogP contribution in [0.5, 0.6) is 0 Å². The highest BCUT2D eigenvalue weighted by Crippen LogP contribution is 2.19. The van der Waals surface area contributed by atoms with E-state index < -0.39 is 0 Å². The number of hydrogen-bond donors (Lipinski definition) is 1. The highest BCUT2D eigenvalue weighted by atomic mass is 32.1. The lowest BCUT2D eigenvalue weighted by Crippen LogP contribution is -2.47. The van der Waals surface area contributed by atoms with Gasteiger partial charge in [0, 0.05) is 31.3 Å². The Bertz CT molecular complexity index is 569. The summed E-state index contributed by atoms with van der Waals surface area (Å²) in [6.45, 7) is 2.04. The summed E-state index contributed by atoms with van der Waals surface area (Å²) in [5, 5.41) is 4.32. The fourth-order valence-corrected chi connectivity index (χ4v) is 4.26.